The zero-order chi connectivity index (χ0) is 80.9. The molecule has 0 amide bonds. The molecule has 7 rings (SSSR count). The SMILES string of the molecule is CCCCCC[Si](C)(CCCCCC)CCC[Si](C)(CCCc1ccc(-c2ccc(-c3ccc(-c4ccc(-c5ccc(-c6ccc(-c7ccc(CCC[Si](C)(CCC[Si](C)(CCCCCC)CCCCCC)CCC[Si](C)(CCCCCC)CCCCCC)s7)s6)s5)s4)s3)s2)s1)CCC[Si](C)(CCCCCC)CCCCCC. The Hall–Kier alpha value is -0.799. The zero-order valence-corrected chi connectivity index (χ0v) is 87.7. The second-order valence-corrected chi connectivity index (χ2v) is 77.3. The highest BCUT2D eigenvalue weighted by atomic mass is 32.1. The first-order valence-corrected chi connectivity index (χ1v) is 72.9. The summed E-state index contributed by atoms with van der Waals surface area (Å²) in [6, 6.07) is 62.6. The Balaban J connectivity index is 0.942. The molecule has 0 spiro atoms. The topological polar surface area (TPSA) is 0 Å². The molecule has 0 nitrogen and oxygen atoms in total. The molecule has 0 bridgehead atoms. The maximum Gasteiger partial charge on any atom is 0.0504 e. The van der Waals surface area contributed by atoms with Crippen molar-refractivity contribution in [3.63, 3.8) is 0 Å². The molecule has 7 aromatic heterocycles. The predicted octanol–water partition coefficient (Wildman–Crippen LogP) is 40.7. The molecule has 0 saturated carbocycles. The maximum atomic E-state index is 2.91. The largest absolute Gasteiger partial charge is 0.139 e. The van der Waals surface area contributed by atoms with Crippen molar-refractivity contribution in [2.75, 3.05) is 0 Å². The molecule has 0 fully saturated rings. The van der Waals surface area contributed by atoms with E-state index in [1.165, 1.54) is 302 Å². The van der Waals surface area contributed by atoms with Crippen LogP contribution in [-0.2, 0) is 12.8 Å². The van der Waals surface area contributed by atoms with Gasteiger partial charge in [-0.1, -0.05) is 447 Å². The van der Waals surface area contributed by atoms with Crippen LogP contribution in [0.25, 0.3) is 58.5 Å². The van der Waals surface area contributed by atoms with E-state index in [0.717, 1.165) is 0 Å². The highest BCUT2D eigenvalue weighted by Gasteiger charge is 2.35. The molecule has 13 heteroatoms. The van der Waals surface area contributed by atoms with E-state index in [4.69, 9.17) is 0 Å². The smallest absolute Gasteiger partial charge is 0.0504 e. The van der Waals surface area contributed by atoms with Crippen molar-refractivity contribution in [2.45, 2.75) is 460 Å². The summed E-state index contributed by atoms with van der Waals surface area (Å²) in [5, 5.41) is 0. The summed E-state index contributed by atoms with van der Waals surface area (Å²) in [7, 11) is -7.66. The number of hydrogen-bond donors (Lipinski definition) is 0. The highest BCUT2D eigenvalue weighted by Crippen LogP contribution is 2.49. The Kier molecular flexibility index (Phi) is 48.6. The van der Waals surface area contributed by atoms with Crippen LogP contribution in [0, 0.1) is 0 Å². The zero-order valence-electron chi connectivity index (χ0n) is 76.0. The summed E-state index contributed by atoms with van der Waals surface area (Å²) < 4.78 is 0. The quantitative estimate of drug-likeness (QED) is 0.0263. The van der Waals surface area contributed by atoms with Gasteiger partial charge >= 0.3 is 0 Å². The van der Waals surface area contributed by atoms with Crippen LogP contribution in [0.5, 0.6) is 0 Å². The summed E-state index contributed by atoms with van der Waals surface area (Å²) in [4.78, 5) is 20.2. The number of aryl methyl sites for hydroxylation is 2. The van der Waals surface area contributed by atoms with Gasteiger partial charge in [-0.15, -0.1) is 79.4 Å². The summed E-state index contributed by atoms with van der Waals surface area (Å²) >= 11 is 14.1. The molecule has 0 atom stereocenters. The summed E-state index contributed by atoms with van der Waals surface area (Å²) in [6.07, 6.45) is 57.7. The molecule has 0 aliphatic heterocycles. The van der Waals surface area contributed by atoms with E-state index in [-0.39, 0.29) is 0 Å². The van der Waals surface area contributed by atoms with Crippen LogP contribution >= 0.6 is 79.4 Å². The van der Waals surface area contributed by atoms with Crippen LogP contribution in [0.4, 0.5) is 0 Å². The van der Waals surface area contributed by atoms with Gasteiger partial charge in [-0.25, -0.2) is 0 Å². The van der Waals surface area contributed by atoms with Gasteiger partial charge in [0.1, 0.15) is 0 Å². The minimum absolute atomic E-state index is 1.22. The third-order valence-corrected chi connectivity index (χ3v) is 64.5. The summed E-state index contributed by atoms with van der Waals surface area (Å²) in [6.45, 7) is 36.4. The fraction of sp³-hybridized carbons (Fsp3) is 0.720. The van der Waals surface area contributed by atoms with Crippen molar-refractivity contribution in [1.82, 2.24) is 0 Å². The fourth-order valence-corrected chi connectivity index (χ4v) is 52.2. The van der Waals surface area contributed by atoms with E-state index in [2.05, 4.69) is 202 Å². The van der Waals surface area contributed by atoms with Gasteiger partial charge in [-0.3, -0.25) is 0 Å². The maximum absolute atomic E-state index is 2.91. The van der Waals surface area contributed by atoms with Crippen LogP contribution < -0.4 is 0 Å². The fourth-order valence-electron chi connectivity index (χ4n) is 19.5. The first-order valence-electron chi connectivity index (χ1n) is 48.5. The Morgan fingerprint density at radius 1 is 0.150 bits per heavy atom. The molecular weight excluding hydrogens is 1590 g/mol. The predicted molar refractivity (Wildman–Crippen MR) is 549 cm³/mol. The van der Waals surface area contributed by atoms with Gasteiger partial charge < -0.3 is 0 Å². The van der Waals surface area contributed by atoms with Crippen molar-refractivity contribution < 1.29 is 0 Å². The molecule has 7 aromatic rings. The second kappa shape index (κ2) is 55.3. The Bertz CT molecular complexity index is 3180. The molecule has 0 N–H and O–H groups in total. The molecule has 0 aromatic carbocycles. The minimum atomic E-state index is -1.40. The minimum Gasteiger partial charge on any atom is -0.139 e. The lowest BCUT2D eigenvalue weighted by atomic mass is 10.2. The summed E-state index contributed by atoms with van der Waals surface area (Å²) in [5.74, 6) is 0. The average Bonchev–Trinajstić information content (AvgIpc) is 1.66. The third kappa shape index (κ3) is 37.4. The molecule has 0 unspecified atom stereocenters. The molecule has 0 aliphatic carbocycles. The normalized spacial score (nSPS) is 12.8. The number of hydrogen-bond acceptors (Lipinski definition) is 7. The van der Waals surface area contributed by atoms with Crippen molar-refractivity contribution in [2.24, 2.45) is 0 Å². The lowest BCUT2D eigenvalue weighted by Crippen LogP contribution is -2.35. The summed E-state index contributed by atoms with van der Waals surface area (Å²) in [5.41, 5.74) is 0. The number of unbranched alkanes of at least 4 members (excludes halogenated alkanes) is 24. The van der Waals surface area contributed by atoms with Crippen LogP contribution in [-0.4, -0.2) is 48.4 Å². The average molecular weight is 1770 g/mol. The van der Waals surface area contributed by atoms with E-state index >= 15 is 0 Å². The van der Waals surface area contributed by atoms with E-state index in [1.54, 1.807) is 132 Å². The third-order valence-electron chi connectivity index (χ3n) is 27.5. The lowest BCUT2D eigenvalue weighted by molar-refractivity contribution is 0.677. The second-order valence-electron chi connectivity index (χ2n) is 38.8. The van der Waals surface area contributed by atoms with Crippen molar-refractivity contribution in [3.8, 4) is 58.5 Å². The Morgan fingerprint density at radius 3 is 0.442 bits per heavy atom. The Morgan fingerprint density at radius 2 is 0.283 bits per heavy atom. The van der Waals surface area contributed by atoms with Gasteiger partial charge in [0.25, 0.3) is 0 Å². The van der Waals surface area contributed by atoms with Crippen LogP contribution in [0.1, 0.15) is 309 Å². The van der Waals surface area contributed by atoms with Gasteiger partial charge in [0.15, 0.2) is 0 Å². The van der Waals surface area contributed by atoms with Gasteiger partial charge in [-0.2, -0.15) is 0 Å². The van der Waals surface area contributed by atoms with E-state index < -0.39 is 48.4 Å². The van der Waals surface area contributed by atoms with Crippen LogP contribution in [0.3, 0.4) is 0 Å². The first-order chi connectivity index (χ1) is 54.8. The standard InChI is InChI=1S/C100H172S7Si6/c1-15-23-31-39-69-108(9,70-40-32-24-16-2)79-49-83-112(13,84-50-80-109(10,71-41-33-25-17-3)72-42-34-26-18-4)77-47-53-87-55-57-89(101-87)91-59-61-93(103-91)95-63-65-97(105-95)99-67-68-100(107-99)98-66-64-96(106-98)94-62-60-92(104-94)90-58-56-88(102-90)54-48-78-113(14,85-51-81-110(11,73-43-35-27-19-5)74-44-36-28-20-6)86-52-82-111(12,75-45-37-29-21-7)76-46-38-30-22-8/h55-68H,15-54,69-86H2,1-14H3. The van der Waals surface area contributed by atoms with E-state index in [1.807, 2.05) is 56.7 Å². The number of rotatable bonds is 70. The molecule has 0 saturated heterocycles. The highest BCUT2D eigenvalue weighted by molar-refractivity contribution is 7.31. The first kappa shape index (κ1) is 99.3. The molecule has 0 aliphatic rings. The van der Waals surface area contributed by atoms with Crippen molar-refractivity contribution >= 4 is 128 Å². The van der Waals surface area contributed by atoms with Crippen molar-refractivity contribution in [1.29, 1.82) is 0 Å². The van der Waals surface area contributed by atoms with Crippen molar-refractivity contribution in [3.05, 3.63) is 94.7 Å². The molecule has 113 heavy (non-hydrogen) atoms. The Labute approximate surface area is 734 Å². The van der Waals surface area contributed by atoms with Gasteiger partial charge in [0.2, 0.25) is 0 Å². The van der Waals surface area contributed by atoms with E-state index in [0.29, 0.717) is 0 Å². The van der Waals surface area contributed by atoms with Crippen LogP contribution in [0.15, 0.2) is 84.9 Å². The molecular formula is C100H172S7Si6. The van der Waals surface area contributed by atoms with Gasteiger partial charge in [0.05, 0.1) is 48.4 Å². The molecule has 638 valence electrons. The molecule has 0 radical (unpaired) electrons. The monoisotopic (exact) mass is 1770 g/mol. The molecule has 7 heterocycles. The van der Waals surface area contributed by atoms with Gasteiger partial charge in [-0.05, 0) is 97.8 Å². The van der Waals surface area contributed by atoms with Crippen LogP contribution in [0.2, 0.25) is 148 Å². The lowest BCUT2D eigenvalue weighted by Gasteiger charge is -2.34. The number of thiophene rings is 7. The van der Waals surface area contributed by atoms with E-state index in [9.17, 15) is 0 Å². The van der Waals surface area contributed by atoms with Gasteiger partial charge in [0, 0.05) is 68.3 Å².